The van der Waals surface area contributed by atoms with Crippen LogP contribution in [0.4, 0.5) is 0 Å². The number of aliphatic hydroxyl groups is 1. The molecule has 1 saturated carbocycles. The number of aryl methyl sites for hydroxylation is 1. The maximum Gasteiger partial charge on any atom is 0.289 e. The Morgan fingerprint density at radius 1 is 1.10 bits per heavy atom. The molecular formula is C24H25N3O4. The summed E-state index contributed by atoms with van der Waals surface area (Å²) in [5.74, 6) is -0.605. The molecule has 1 aliphatic carbocycles. The number of oxazole rings is 1. The fourth-order valence-electron chi connectivity index (χ4n) is 3.41. The van der Waals surface area contributed by atoms with Crippen molar-refractivity contribution in [3.63, 3.8) is 0 Å². The molecule has 1 fully saturated rings. The van der Waals surface area contributed by atoms with E-state index >= 15 is 0 Å². The minimum Gasteiger partial charge on any atom is -0.435 e. The summed E-state index contributed by atoms with van der Waals surface area (Å²) in [6.45, 7) is 1.67. The monoisotopic (exact) mass is 419 g/mol. The molecule has 3 N–H and O–H groups in total. The van der Waals surface area contributed by atoms with Gasteiger partial charge >= 0.3 is 0 Å². The van der Waals surface area contributed by atoms with Crippen molar-refractivity contribution in [2.24, 2.45) is 0 Å². The Hall–Kier alpha value is -3.45. The van der Waals surface area contributed by atoms with E-state index in [1.54, 1.807) is 6.92 Å². The maximum absolute atomic E-state index is 13.1. The molecule has 0 aliphatic heterocycles. The Morgan fingerprint density at radius 3 is 2.39 bits per heavy atom. The van der Waals surface area contributed by atoms with Gasteiger partial charge in [0.05, 0.1) is 6.04 Å². The highest BCUT2D eigenvalue weighted by Gasteiger charge is 2.33. The smallest absolute Gasteiger partial charge is 0.289 e. The fraction of sp³-hybridized carbons (Fsp3) is 0.292. The van der Waals surface area contributed by atoms with Crippen LogP contribution in [-0.4, -0.2) is 40.1 Å². The predicted octanol–water partition coefficient (Wildman–Crippen LogP) is 2.63. The van der Waals surface area contributed by atoms with E-state index < -0.39 is 24.0 Å². The van der Waals surface area contributed by atoms with Crippen molar-refractivity contribution in [3.8, 4) is 11.3 Å². The highest BCUT2D eigenvalue weighted by Crippen LogP contribution is 2.24. The first-order valence-electron chi connectivity index (χ1n) is 10.4. The average Bonchev–Trinajstić information content (AvgIpc) is 3.51. The van der Waals surface area contributed by atoms with Crippen LogP contribution in [0.25, 0.3) is 11.3 Å². The number of rotatable bonds is 8. The molecule has 2 unspecified atom stereocenters. The number of aliphatic hydroxyl groups excluding tert-OH is 1. The lowest BCUT2D eigenvalue weighted by atomic mass is 10.00. The predicted molar refractivity (Wildman–Crippen MR) is 115 cm³/mol. The number of benzene rings is 2. The second kappa shape index (κ2) is 9.14. The van der Waals surface area contributed by atoms with Gasteiger partial charge in [0.25, 0.3) is 11.8 Å². The minimum atomic E-state index is -1.39. The Morgan fingerprint density at radius 2 is 1.74 bits per heavy atom. The van der Waals surface area contributed by atoms with Gasteiger partial charge in [0, 0.05) is 18.5 Å². The summed E-state index contributed by atoms with van der Waals surface area (Å²) in [7, 11) is 0. The van der Waals surface area contributed by atoms with Crippen LogP contribution in [0.5, 0.6) is 0 Å². The van der Waals surface area contributed by atoms with E-state index in [9.17, 15) is 14.7 Å². The molecule has 3 aromatic rings. The van der Waals surface area contributed by atoms with Crippen LogP contribution in [0.1, 0.15) is 34.9 Å². The van der Waals surface area contributed by atoms with Gasteiger partial charge in [0.1, 0.15) is 5.69 Å². The maximum atomic E-state index is 13.1. The Labute approximate surface area is 180 Å². The van der Waals surface area contributed by atoms with E-state index in [0.717, 1.165) is 24.0 Å². The van der Waals surface area contributed by atoms with Crippen LogP contribution in [0.2, 0.25) is 0 Å². The van der Waals surface area contributed by atoms with Gasteiger partial charge in [-0.05, 0) is 24.8 Å². The van der Waals surface area contributed by atoms with E-state index in [2.05, 4.69) is 15.6 Å². The number of nitrogens with one attached hydrogen (secondary N) is 2. The summed E-state index contributed by atoms with van der Waals surface area (Å²) in [6.07, 6.45) is 0.714. The SMILES string of the molecule is Cc1nc(-c2ccccc2)c(C(=O)NC(Cc2ccccc2)C(O)C(=O)NC2CC2)o1. The van der Waals surface area contributed by atoms with Crippen molar-refractivity contribution in [2.75, 3.05) is 0 Å². The van der Waals surface area contributed by atoms with Gasteiger partial charge < -0.3 is 20.2 Å². The lowest BCUT2D eigenvalue weighted by molar-refractivity contribution is -0.130. The molecule has 1 heterocycles. The molecule has 160 valence electrons. The Balaban J connectivity index is 1.57. The Bertz CT molecular complexity index is 1050. The molecule has 0 spiro atoms. The third-order valence-electron chi connectivity index (χ3n) is 5.18. The highest BCUT2D eigenvalue weighted by atomic mass is 16.4. The molecule has 4 rings (SSSR count). The van der Waals surface area contributed by atoms with Gasteiger partial charge in [0.2, 0.25) is 5.76 Å². The van der Waals surface area contributed by atoms with E-state index in [1.165, 1.54) is 0 Å². The van der Waals surface area contributed by atoms with Gasteiger partial charge in [-0.25, -0.2) is 4.98 Å². The van der Waals surface area contributed by atoms with Gasteiger partial charge in [-0.3, -0.25) is 9.59 Å². The number of nitrogens with zero attached hydrogens (tertiary/aromatic N) is 1. The van der Waals surface area contributed by atoms with Crippen molar-refractivity contribution < 1.29 is 19.1 Å². The quantitative estimate of drug-likeness (QED) is 0.521. The lowest BCUT2D eigenvalue weighted by Crippen LogP contribution is -2.52. The van der Waals surface area contributed by atoms with Gasteiger partial charge in [-0.2, -0.15) is 0 Å². The van der Waals surface area contributed by atoms with Crippen molar-refractivity contribution in [1.29, 1.82) is 0 Å². The van der Waals surface area contributed by atoms with Crippen LogP contribution in [-0.2, 0) is 11.2 Å². The number of carbonyl (C=O) groups is 2. The first kappa shape index (κ1) is 20.8. The molecule has 1 aliphatic rings. The largest absolute Gasteiger partial charge is 0.435 e. The zero-order valence-electron chi connectivity index (χ0n) is 17.2. The molecule has 1 aromatic heterocycles. The second-order valence-corrected chi connectivity index (χ2v) is 7.77. The number of aromatic nitrogens is 1. The number of carbonyl (C=O) groups excluding carboxylic acids is 2. The van der Waals surface area contributed by atoms with Crippen molar-refractivity contribution in [1.82, 2.24) is 15.6 Å². The first-order chi connectivity index (χ1) is 15.0. The Kier molecular flexibility index (Phi) is 6.13. The normalized spacial score (nSPS) is 15.2. The van der Waals surface area contributed by atoms with E-state index in [4.69, 9.17) is 4.42 Å². The molecule has 31 heavy (non-hydrogen) atoms. The average molecular weight is 419 g/mol. The van der Waals surface area contributed by atoms with Gasteiger partial charge in [-0.1, -0.05) is 60.7 Å². The fourth-order valence-corrected chi connectivity index (χ4v) is 3.41. The summed E-state index contributed by atoms with van der Waals surface area (Å²) in [5.41, 5.74) is 2.06. The molecule has 0 radical (unpaired) electrons. The van der Waals surface area contributed by atoms with E-state index in [-0.39, 0.29) is 11.8 Å². The molecule has 7 heteroatoms. The highest BCUT2D eigenvalue weighted by molar-refractivity contribution is 5.98. The molecule has 2 amide bonds. The zero-order valence-corrected chi connectivity index (χ0v) is 17.2. The topological polar surface area (TPSA) is 104 Å². The number of hydrogen-bond donors (Lipinski definition) is 3. The summed E-state index contributed by atoms with van der Waals surface area (Å²) in [4.78, 5) is 30.0. The van der Waals surface area contributed by atoms with E-state index in [0.29, 0.717) is 18.0 Å². The number of hydrogen-bond acceptors (Lipinski definition) is 5. The van der Waals surface area contributed by atoms with Crippen molar-refractivity contribution in [2.45, 2.75) is 44.4 Å². The van der Waals surface area contributed by atoms with Crippen LogP contribution in [0, 0.1) is 6.92 Å². The molecule has 2 aromatic carbocycles. The summed E-state index contributed by atoms with van der Waals surface area (Å²) in [5, 5.41) is 16.3. The van der Waals surface area contributed by atoms with Crippen LogP contribution >= 0.6 is 0 Å². The summed E-state index contributed by atoms with van der Waals surface area (Å²) in [6, 6.07) is 17.9. The van der Waals surface area contributed by atoms with Gasteiger partial charge in [0.15, 0.2) is 12.0 Å². The third kappa shape index (κ3) is 5.19. The lowest BCUT2D eigenvalue weighted by Gasteiger charge is -2.23. The molecular weight excluding hydrogens is 394 g/mol. The number of amides is 2. The molecule has 2 atom stereocenters. The molecule has 7 nitrogen and oxygen atoms in total. The van der Waals surface area contributed by atoms with Crippen molar-refractivity contribution in [3.05, 3.63) is 77.9 Å². The minimum absolute atomic E-state index is 0.0524. The molecule has 0 saturated heterocycles. The van der Waals surface area contributed by atoms with Gasteiger partial charge in [-0.15, -0.1) is 0 Å². The van der Waals surface area contributed by atoms with Crippen LogP contribution in [0.3, 0.4) is 0 Å². The standard InChI is InChI=1S/C24H25N3O4/c1-15-25-20(17-10-6-3-7-11-17)22(31-15)24(30)27-19(14-16-8-4-2-5-9-16)21(28)23(29)26-18-12-13-18/h2-11,18-19,21,28H,12-14H2,1H3,(H,26,29)(H,27,30). The second-order valence-electron chi connectivity index (χ2n) is 7.77. The molecule has 0 bridgehead atoms. The summed E-state index contributed by atoms with van der Waals surface area (Å²) < 4.78 is 5.59. The zero-order chi connectivity index (χ0) is 21.8. The first-order valence-corrected chi connectivity index (χ1v) is 10.4. The van der Waals surface area contributed by atoms with Crippen LogP contribution in [0.15, 0.2) is 65.1 Å². The van der Waals surface area contributed by atoms with E-state index in [1.807, 2.05) is 60.7 Å². The summed E-state index contributed by atoms with van der Waals surface area (Å²) >= 11 is 0. The third-order valence-corrected chi connectivity index (χ3v) is 5.18. The van der Waals surface area contributed by atoms with Crippen LogP contribution < -0.4 is 10.6 Å². The van der Waals surface area contributed by atoms with Crippen molar-refractivity contribution >= 4 is 11.8 Å².